The number of hydrazone groups is 1. The van der Waals surface area contributed by atoms with Gasteiger partial charge in [0.2, 0.25) is 0 Å². The van der Waals surface area contributed by atoms with Crippen LogP contribution in [-0.4, -0.2) is 18.7 Å². The minimum absolute atomic E-state index is 0.323. The van der Waals surface area contributed by atoms with Crippen molar-refractivity contribution in [3.05, 3.63) is 93.5 Å². The Kier molecular flexibility index (Phi) is 7.71. The van der Waals surface area contributed by atoms with Crippen LogP contribution in [0.4, 0.5) is 0 Å². The summed E-state index contributed by atoms with van der Waals surface area (Å²) in [6, 6.07) is 19.5. The topological polar surface area (TPSA) is 59.9 Å². The van der Waals surface area contributed by atoms with Crippen molar-refractivity contribution in [3.8, 4) is 11.5 Å². The van der Waals surface area contributed by atoms with Crippen molar-refractivity contribution in [1.82, 2.24) is 5.43 Å². The monoisotopic (exact) mass is 442 g/mol. The molecule has 0 saturated carbocycles. The lowest BCUT2D eigenvalue weighted by Gasteiger charge is -2.12. The number of ether oxygens (including phenoxy) is 2. The summed E-state index contributed by atoms with van der Waals surface area (Å²) in [5, 5.41) is 5.25. The fourth-order valence-corrected chi connectivity index (χ4v) is 2.82. The molecule has 0 bridgehead atoms. The quantitative estimate of drug-likeness (QED) is 0.357. The van der Waals surface area contributed by atoms with Crippen LogP contribution in [0.15, 0.2) is 71.8 Å². The molecule has 3 rings (SSSR count). The van der Waals surface area contributed by atoms with E-state index in [1.165, 1.54) is 0 Å². The van der Waals surface area contributed by atoms with Gasteiger partial charge in [0.25, 0.3) is 5.91 Å². The zero-order valence-corrected chi connectivity index (χ0v) is 17.8. The van der Waals surface area contributed by atoms with E-state index in [1.807, 2.05) is 43.3 Å². The first-order valence-electron chi connectivity index (χ1n) is 9.28. The Hall–Kier alpha value is -3.02. The van der Waals surface area contributed by atoms with Gasteiger partial charge in [-0.2, -0.15) is 5.10 Å². The third-order valence-electron chi connectivity index (χ3n) is 4.06. The maximum Gasteiger partial charge on any atom is 0.271 e. The van der Waals surface area contributed by atoms with E-state index in [0.717, 1.165) is 11.1 Å². The second-order valence-electron chi connectivity index (χ2n) is 6.26. The molecule has 0 aliphatic carbocycles. The van der Waals surface area contributed by atoms with Gasteiger partial charge in [0, 0.05) is 15.6 Å². The van der Waals surface area contributed by atoms with Crippen LogP contribution >= 0.6 is 23.2 Å². The zero-order chi connectivity index (χ0) is 21.3. The van der Waals surface area contributed by atoms with E-state index < -0.39 is 0 Å². The van der Waals surface area contributed by atoms with Crippen LogP contribution in [-0.2, 0) is 6.61 Å². The van der Waals surface area contributed by atoms with Gasteiger partial charge in [-0.3, -0.25) is 4.79 Å². The summed E-state index contributed by atoms with van der Waals surface area (Å²) < 4.78 is 11.6. The van der Waals surface area contributed by atoms with Gasteiger partial charge in [-0.1, -0.05) is 35.3 Å². The highest BCUT2D eigenvalue weighted by atomic mass is 35.5. The van der Waals surface area contributed by atoms with Gasteiger partial charge >= 0.3 is 0 Å². The normalized spacial score (nSPS) is 10.8. The summed E-state index contributed by atoms with van der Waals surface area (Å²) in [6.45, 7) is 2.78. The van der Waals surface area contributed by atoms with Crippen molar-refractivity contribution >= 4 is 35.3 Å². The molecule has 0 aromatic heterocycles. The van der Waals surface area contributed by atoms with Crippen LogP contribution in [0.25, 0.3) is 0 Å². The van der Waals surface area contributed by atoms with Crippen LogP contribution in [0.2, 0.25) is 10.0 Å². The number of nitrogens with zero attached hydrogens (tertiary/aromatic N) is 1. The summed E-state index contributed by atoms with van der Waals surface area (Å²) in [5.41, 5.74) is 4.71. The maximum atomic E-state index is 12.1. The zero-order valence-electron chi connectivity index (χ0n) is 16.3. The molecule has 30 heavy (non-hydrogen) atoms. The Morgan fingerprint density at radius 2 is 1.60 bits per heavy atom. The van der Waals surface area contributed by atoms with Gasteiger partial charge in [0.05, 0.1) is 12.8 Å². The molecule has 3 aromatic carbocycles. The first-order valence-corrected chi connectivity index (χ1v) is 10.0. The number of amides is 1. The molecule has 0 spiro atoms. The summed E-state index contributed by atoms with van der Waals surface area (Å²) in [4.78, 5) is 12.1. The standard InChI is InChI=1S/C23H20Cl2N2O3/c1-2-29-22-13-17(14-26-27-23(28)18-6-10-20(25)11-7-18)5-12-21(22)30-15-16-3-8-19(24)9-4-16/h3-14H,2,15H2,1H3,(H,27,28)/b26-14+. The number of hydrogen-bond acceptors (Lipinski definition) is 4. The Labute approximate surface area is 185 Å². The Morgan fingerprint density at radius 1 is 0.933 bits per heavy atom. The van der Waals surface area contributed by atoms with Crippen molar-refractivity contribution < 1.29 is 14.3 Å². The Balaban J connectivity index is 1.64. The summed E-state index contributed by atoms with van der Waals surface area (Å²) in [6.07, 6.45) is 1.54. The lowest BCUT2D eigenvalue weighted by Crippen LogP contribution is -2.17. The van der Waals surface area contributed by atoms with Crippen molar-refractivity contribution in [1.29, 1.82) is 0 Å². The molecular weight excluding hydrogens is 423 g/mol. The predicted molar refractivity (Wildman–Crippen MR) is 120 cm³/mol. The van der Waals surface area contributed by atoms with E-state index in [0.29, 0.717) is 40.3 Å². The minimum Gasteiger partial charge on any atom is -0.490 e. The number of halogens is 2. The summed E-state index contributed by atoms with van der Waals surface area (Å²) in [7, 11) is 0. The molecule has 5 nitrogen and oxygen atoms in total. The van der Waals surface area contributed by atoms with Gasteiger partial charge in [0.1, 0.15) is 6.61 Å². The molecule has 0 atom stereocenters. The van der Waals surface area contributed by atoms with Crippen molar-refractivity contribution in [2.24, 2.45) is 5.10 Å². The third-order valence-corrected chi connectivity index (χ3v) is 4.57. The lowest BCUT2D eigenvalue weighted by atomic mass is 10.2. The fraction of sp³-hybridized carbons (Fsp3) is 0.130. The van der Waals surface area contributed by atoms with E-state index in [-0.39, 0.29) is 5.91 Å². The molecule has 0 aliphatic heterocycles. The molecule has 0 aliphatic rings. The molecule has 7 heteroatoms. The largest absolute Gasteiger partial charge is 0.490 e. The Morgan fingerprint density at radius 3 is 2.27 bits per heavy atom. The molecular formula is C23H20Cl2N2O3. The number of carbonyl (C=O) groups is 1. The van der Waals surface area contributed by atoms with E-state index in [4.69, 9.17) is 32.7 Å². The number of rotatable bonds is 8. The summed E-state index contributed by atoms with van der Waals surface area (Å²) >= 11 is 11.7. The summed E-state index contributed by atoms with van der Waals surface area (Å²) in [5.74, 6) is 0.893. The van der Waals surface area contributed by atoms with Crippen molar-refractivity contribution in [3.63, 3.8) is 0 Å². The highest BCUT2D eigenvalue weighted by Gasteiger charge is 2.07. The van der Waals surface area contributed by atoms with E-state index in [1.54, 1.807) is 36.5 Å². The number of carbonyl (C=O) groups excluding carboxylic acids is 1. The van der Waals surface area contributed by atoms with Crippen LogP contribution in [0, 0.1) is 0 Å². The lowest BCUT2D eigenvalue weighted by molar-refractivity contribution is 0.0955. The number of hydrogen-bond donors (Lipinski definition) is 1. The van der Waals surface area contributed by atoms with Gasteiger partial charge in [-0.05, 0) is 72.6 Å². The smallest absolute Gasteiger partial charge is 0.271 e. The van der Waals surface area contributed by atoms with Crippen molar-refractivity contribution in [2.45, 2.75) is 13.5 Å². The van der Waals surface area contributed by atoms with Crippen LogP contribution < -0.4 is 14.9 Å². The van der Waals surface area contributed by atoms with Gasteiger partial charge in [-0.15, -0.1) is 0 Å². The highest BCUT2D eigenvalue weighted by Crippen LogP contribution is 2.29. The molecule has 1 amide bonds. The second kappa shape index (κ2) is 10.7. The van der Waals surface area contributed by atoms with E-state index in [2.05, 4.69) is 10.5 Å². The Bertz CT molecular complexity index is 1020. The van der Waals surface area contributed by atoms with Crippen LogP contribution in [0.3, 0.4) is 0 Å². The minimum atomic E-state index is -0.323. The predicted octanol–water partition coefficient (Wildman–Crippen LogP) is 5.74. The second-order valence-corrected chi connectivity index (χ2v) is 7.13. The van der Waals surface area contributed by atoms with Gasteiger partial charge in [0.15, 0.2) is 11.5 Å². The van der Waals surface area contributed by atoms with E-state index in [9.17, 15) is 4.79 Å². The van der Waals surface area contributed by atoms with Gasteiger partial charge in [-0.25, -0.2) is 5.43 Å². The van der Waals surface area contributed by atoms with Crippen LogP contribution in [0.1, 0.15) is 28.4 Å². The fourth-order valence-electron chi connectivity index (χ4n) is 2.57. The molecule has 0 unspecified atom stereocenters. The van der Waals surface area contributed by atoms with Crippen LogP contribution in [0.5, 0.6) is 11.5 Å². The van der Waals surface area contributed by atoms with E-state index >= 15 is 0 Å². The molecule has 3 aromatic rings. The maximum absolute atomic E-state index is 12.1. The first-order chi connectivity index (χ1) is 14.5. The SMILES string of the molecule is CCOc1cc(/C=N/NC(=O)c2ccc(Cl)cc2)ccc1OCc1ccc(Cl)cc1. The molecule has 154 valence electrons. The molecule has 0 fully saturated rings. The van der Waals surface area contributed by atoms with Crippen molar-refractivity contribution in [2.75, 3.05) is 6.61 Å². The highest BCUT2D eigenvalue weighted by molar-refractivity contribution is 6.30. The average Bonchev–Trinajstić information content (AvgIpc) is 2.75. The molecule has 0 heterocycles. The van der Waals surface area contributed by atoms with Gasteiger partial charge < -0.3 is 9.47 Å². The number of nitrogens with one attached hydrogen (secondary N) is 1. The molecule has 0 radical (unpaired) electrons. The first kappa shape index (κ1) is 21.7. The average molecular weight is 443 g/mol. The third kappa shape index (κ3) is 6.24. The number of benzene rings is 3. The molecule has 0 saturated heterocycles. The molecule has 1 N–H and O–H groups in total.